The standard InChI is InChI=1S/C25H40N4O4.C7H8O3S/c1-6-18(4)16-29(25(32)19(5)26)27-23(30)22(15-17(2)3)21(24(31)28-33)14-10-13-20-11-8-7-9-12-20;1-6-2-4-7(5-3-6)11(8,9)10/h7-13,17-19,21-22,33H,6,14-16,26H2,1-5H3,(H,27,30)(H,28,31);2-5H,1H3,(H,8,9,10)/t18-,19+,21-,22+;/m0./s1. The Morgan fingerprint density at radius 3 is 2.02 bits per heavy atom. The van der Waals surface area contributed by atoms with Gasteiger partial charge in [-0.2, -0.15) is 8.42 Å². The maximum Gasteiger partial charge on any atom is 0.294 e. The molecule has 0 aliphatic rings. The van der Waals surface area contributed by atoms with Crippen LogP contribution >= 0.6 is 0 Å². The number of hydrogen-bond acceptors (Lipinski definition) is 7. The molecule has 2 rings (SSSR count). The fraction of sp³-hybridized carbons (Fsp3) is 0.469. The number of amides is 3. The first-order valence-electron chi connectivity index (χ1n) is 14.7. The summed E-state index contributed by atoms with van der Waals surface area (Å²) in [6.07, 6.45) is 5.18. The highest BCUT2D eigenvalue weighted by molar-refractivity contribution is 7.85. The molecule has 3 amide bonds. The summed E-state index contributed by atoms with van der Waals surface area (Å²) in [7, 11) is -4.02. The van der Waals surface area contributed by atoms with Crippen LogP contribution in [-0.2, 0) is 24.5 Å². The molecule has 12 heteroatoms. The Labute approximate surface area is 261 Å². The lowest BCUT2D eigenvalue weighted by atomic mass is 9.82. The summed E-state index contributed by atoms with van der Waals surface area (Å²) < 4.78 is 29.6. The normalized spacial score (nSPS) is 14.1. The van der Waals surface area contributed by atoms with Crippen LogP contribution in [0.2, 0.25) is 0 Å². The van der Waals surface area contributed by atoms with Crippen LogP contribution in [0.25, 0.3) is 6.08 Å². The van der Waals surface area contributed by atoms with Crippen molar-refractivity contribution in [1.29, 1.82) is 0 Å². The van der Waals surface area contributed by atoms with Crippen LogP contribution < -0.4 is 16.6 Å². The molecule has 0 heterocycles. The third-order valence-corrected chi connectivity index (χ3v) is 7.77. The summed E-state index contributed by atoms with van der Waals surface area (Å²) in [5.41, 5.74) is 12.1. The largest absolute Gasteiger partial charge is 0.320 e. The molecule has 2 aromatic rings. The molecule has 0 bridgehead atoms. The monoisotopic (exact) mass is 632 g/mol. The van der Waals surface area contributed by atoms with Gasteiger partial charge in [-0.15, -0.1) is 0 Å². The zero-order valence-electron chi connectivity index (χ0n) is 26.4. The first-order valence-corrected chi connectivity index (χ1v) is 16.1. The molecule has 0 saturated heterocycles. The van der Waals surface area contributed by atoms with E-state index in [2.05, 4.69) is 5.43 Å². The SMILES string of the molecule is CC[C@H](C)CN(NC(=O)[C@H](CC(C)C)[C@H](CC=Cc1ccccc1)C(=O)NO)C(=O)[C@@H](C)N.Cc1ccc(S(=O)(=O)O)cc1. The highest BCUT2D eigenvalue weighted by Gasteiger charge is 2.35. The first-order chi connectivity index (χ1) is 20.6. The third kappa shape index (κ3) is 13.8. The van der Waals surface area contributed by atoms with Gasteiger partial charge in [-0.25, -0.2) is 5.48 Å². The molecular formula is C32H48N4O7S. The molecule has 4 atom stereocenters. The lowest BCUT2D eigenvalue weighted by molar-refractivity contribution is -0.148. The van der Waals surface area contributed by atoms with E-state index in [4.69, 9.17) is 10.3 Å². The predicted molar refractivity (Wildman–Crippen MR) is 170 cm³/mol. The second-order valence-corrected chi connectivity index (χ2v) is 12.8. The number of hydrogen-bond donors (Lipinski definition) is 5. The lowest BCUT2D eigenvalue weighted by Crippen LogP contribution is -2.55. The van der Waals surface area contributed by atoms with Crippen molar-refractivity contribution >= 4 is 33.9 Å². The van der Waals surface area contributed by atoms with Crippen molar-refractivity contribution in [3.63, 3.8) is 0 Å². The van der Waals surface area contributed by atoms with E-state index in [-0.39, 0.29) is 29.1 Å². The van der Waals surface area contributed by atoms with Gasteiger partial charge in [0.2, 0.25) is 11.8 Å². The van der Waals surface area contributed by atoms with E-state index >= 15 is 0 Å². The average molecular weight is 633 g/mol. The van der Waals surface area contributed by atoms with Crippen molar-refractivity contribution in [3.05, 3.63) is 71.8 Å². The van der Waals surface area contributed by atoms with E-state index in [0.717, 1.165) is 17.5 Å². The highest BCUT2D eigenvalue weighted by atomic mass is 32.2. The number of allylic oxidation sites excluding steroid dienone is 1. The van der Waals surface area contributed by atoms with Gasteiger partial charge in [-0.3, -0.25) is 34.6 Å². The van der Waals surface area contributed by atoms with Crippen LogP contribution in [0.15, 0.2) is 65.6 Å². The van der Waals surface area contributed by atoms with Crippen molar-refractivity contribution in [2.24, 2.45) is 29.4 Å². The molecule has 244 valence electrons. The maximum absolute atomic E-state index is 13.3. The number of hydroxylamine groups is 1. The van der Waals surface area contributed by atoms with Crippen molar-refractivity contribution in [1.82, 2.24) is 15.9 Å². The molecule has 0 saturated carbocycles. The molecule has 0 aliphatic heterocycles. The zero-order valence-corrected chi connectivity index (χ0v) is 27.3. The van der Waals surface area contributed by atoms with Crippen molar-refractivity contribution in [3.8, 4) is 0 Å². The maximum atomic E-state index is 13.3. The van der Waals surface area contributed by atoms with Crippen LogP contribution in [0.3, 0.4) is 0 Å². The quantitative estimate of drug-likeness (QED) is 0.123. The van der Waals surface area contributed by atoms with Crippen LogP contribution in [0.4, 0.5) is 0 Å². The molecule has 44 heavy (non-hydrogen) atoms. The number of nitrogens with zero attached hydrogens (tertiary/aromatic N) is 1. The number of nitrogens with two attached hydrogens (primary N) is 1. The second-order valence-electron chi connectivity index (χ2n) is 11.4. The van der Waals surface area contributed by atoms with E-state index in [1.165, 1.54) is 17.1 Å². The number of nitrogens with one attached hydrogen (secondary N) is 2. The number of hydrazine groups is 1. The Bertz CT molecular complexity index is 1310. The van der Waals surface area contributed by atoms with E-state index in [1.807, 2.05) is 77.1 Å². The fourth-order valence-corrected chi connectivity index (χ4v) is 4.70. The fourth-order valence-electron chi connectivity index (χ4n) is 4.22. The van der Waals surface area contributed by atoms with Crippen LogP contribution in [0, 0.1) is 30.6 Å². The zero-order chi connectivity index (χ0) is 33.4. The minimum atomic E-state index is -4.02. The van der Waals surface area contributed by atoms with Crippen LogP contribution in [0.5, 0.6) is 0 Å². The summed E-state index contributed by atoms with van der Waals surface area (Å²) in [4.78, 5) is 38.5. The molecular weight excluding hydrogens is 584 g/mol. The van der Waals surface area contributed by atoms with Crippen molar-refractivity contribution < 1.29 is 32.6 Å². The van der Waals surface area contributed by atoms with E-state index in [0.29, 0.717) is 13.0 Å². The third-order valence-electron chi connectivity index (χ3n) is 6.91. The molecule has 2 aromatic carbocycles. The second kappa shape index (κ2) is 18.9. The van der Waals surface area contributed by atoms with E-state index < -0.39 is 39.8 Å². The Balaban J connectivity index is 0.000000733. The molecule has 0 fully saturated rings. The average Bonchev–Trinajstić information content (AvgIpc) is 2.97. The Morgan fingerprint density at radius 1 is 0.955 bits per heavy atom. The number of benzene rings is 2. The molecule has 11 nitrogen and oxygen atoms in total. The molecule has 6 N–H and O–H groups in total. The van der Waals surface area contributed by atoms with Gasteiger partial charge >= 0.3 is 0 Å². The first kappa shape index (κ1) is 38.4. The summed E-state index contributed by atoms with van der Waals surface area (Å²) in [5.74, 6) is -2.77. The Morgan fingerprint density at radius 2 is 1.55 bits per heavy atom. The van der Waals surface area contributed by atoms with Gasteiger partial charge < -0.3 is 5.73 Å². The molecule has 0 aromatic heterocycles. The van der Waals surface area contributed by atoms with Crippen LogP contribution in [0.1, 0.15) is 65.0 Å². The Kier molecular flexibility index (Phi) is 16.6. The van der Waals surface area contributed by atoms with E-state index in [9.17, 15) is 28.0 Å². The molecule has 0 radical (unpaired) electrons. The summed E-state index contributed by atoms with van der Waals surface area (Å²) in [6, 6.07) is 14.8. The molecule has 0 spiro atoms. The van der Waals surface area contributed by atoms with Gasteiger partial charge in [0.05, 0.1) is 22.8 Å². The van der Waals surface area contributed by atoms with E-state index in [1.54, 1.807) is 24.5 Å². The minimum absolute atomic E-state index is 0.0666. The van der Waals surface area contributed by atoms with Gasteiger partial charge in [-0.1, -0.05) is 94.3 Å². The van der Waals surface area contributed by atoms with Gasteiger partial charge in [0.25, 0.3) is 16.0 Å². The Hall–Kier alpha value is -3.58. The van der Waals surface area contributed by atoms with Gasteiger partial charge in [0.15, 0.2) is 0 Å². The van der Waals surface area contributed by atoms with Gasteiger partial charge in [0, 0.05) is 6.54 Å². The van der Waals surface area contributed by atoms with Crippen molar-refractivity contribution in [2.45, 2.75) is 71.7 Å². The molecule has 0 aliphatic carbocycles. The summed E-state index contributed by atoms with van der Waals surface area (Å²) in [6.45, 7) is 11.6. The highest BCUT2D eigenvalue weighted by Crippen LogP contribution is 2.26. The topological polar surface area (TPSA) is 179 Å². The minimum Gasteiger partial charge on any atom is -0.320 e. The summed E-state index contributed by atoms with van der Waals surface area (Å²) in [5, 5.41) is 10.6. The van der Waals surface area contributed by atoms with Gasteiger partial charge in [-0.05, 0) is 56.2 Å². The van der Waals surface area contributed by atoms with Crippen molar-refractivity contribution in [2.75, 3.05) is 6.54 Å². The van der Waals surface area contributed by atoms with Crippen LogP contribution in [-0.4, -0.2) is 53.5 Å². The molecule has 0 unspecified atom stereocenters. The predicted octanol–water partition coefficient (Wildman–Crippen LogP) is 4.37. The summed E-state index contributed by atoms with van der Waals surface area (Å²) >= 11 is 0. The van der Waals surface area contributed by atoms with Gasteiger partial charge in [0.1, 0.15) is 0 Å². The number of carbonyl (C=O) groups excluding carboxylic acids is 3. The number of carbonyl (C=O) groups is 3. The number of aryl methyl sites for hydroxylation is 1. The smallest absolute Gasteiger partial charge is 0.294 e. The lowest BCUT2D eigenvalue weighted by Gasteiger charge is -2.31. The number of rotatable bonds is 13.